The Morgan fingerprint density at radius 1 is 1.57 bits per heavy atom. The Labute approximate surface area is 91.9 Å². The SMILES string of the molecule is C=CN(CC(CC)CCCC)C(=O)Cl. The highest BCUT2D eigenvalue weighted by molar-refractivity contribution is 6.62. The van der Waals surface area contributed by atoms with E-state index in [1.54, 1.807) is 0 Å². The largest absolute Gasteiger partial charge is 0.320 e. The zero-order valence-corrected chi connectivity index (χ0v) is 9.89. The van der Waals surface area contributed by atoms with Gasteiger partial charge in [-0.3, -0.25) is 4.79 Å². The molecule has 0 aromatic rings. The van der Waals surface area contributed by atoms with Crippen molar-refractivity contribution in [2.45, 2.75) is 39.5 Å². The third-order valence-electron chi connectivity index (χ3n) is 2.44. The van der Waals surface area contributed by atoms with Gasteiger partial charge in [0.15, 0.2) is 0 Å². The monoisotopic (exact) mass is 217 g/mol. The van der Waals surface area contributed by atoms with E-state index in [0.29, 0.717) is 12.5 Å². The van der Waals surface area contributed by atoms with Crippen LogP contribution in [0.1, 0.15) is 39.5 Å². The molecule has 0 saturated carbocycles. The lowest BCUT2D eigenvalue weighted by atomic mass is 9.99. The minimum Gasteiger partial charge on any atom is -0.306 e. The fraction of sp³-hybridized carbons (Fsp3) is 0.727. The molecule has 0 bridgehead atoms. The first-order valence-corrected chi connectivity index (χ1v) is 5.62. The molecule has 0 heterocycles. The van der Waals surface area contributed by atoms with Gasteiger partial charge in [0.2, 0.25) is 0 Å². The van der Waals surface area contributed by atoms with Crippen LogP contribution >= 0.6 is 11.6 Å². The first kappa shape index (κ1) is 13.5. The van der Waals surface area contributed by atoms with Gasteiger partial charge in [-0.15, -0.1) is 0 Å². The molecule has 0 spiro atoms. The third-order valence-corrected chi connectivity index (χ3v) is 2.66. The van der Waals surface area contributed by atoms with Gasteiger partial charge in [0.25, 0.3) is 0 Å². The number of hydrogen-bond acceptors (Lipinski definition) is 1. The minimum absolute atomic E-state index is 0.435. The maximum atomic E-state index is 10.9. The number of nitrogens with zero attached hydrogens (tertiary/aromatic N) is 1. The lowest BCUT2D eigenvalue weighted by Gasteiger charge is -2.21. The number of amides is 1. The zero-order valence-electron chi connectivity index (χ0n) is 9.13. The van der Waals surface area contributed by atoms with E-state index >= 15 is 0 Å². The molecule has 1 atom stereocenters. The zero-order chi connectivity index (χ0) is 11.0. The second-order valence-corrected chi connectivity index (χ2v) is 3.83. The van der Waals surface area contributed by atoms with Crippen molar-refractivity contribution in [3.63, 3.8) is 0 Å². The fourth-order valence-electron chi connectivity index (χ4n) is 1.41. The van der Waals surface area contributed by atoms with Crippen molar-refractivity contribution in [1.29, 1.82) is 0 Å². The van der Waals surface area contributed by atoms with Crippen molar-refractivity contribution in [2.75, 3.05) is 6.54 Å². The highest BCUT2D eigenvalue weighted by Gasteiger charge is 2.13. The third kappa shape index (κ3) is 5.28. The Balaban J connectivity index is 4.00. The van der Waals surface area contributed by atoms with Gasteiger partial charge in [-0.05, 0) is 23.9 Å². The molecule has 1 amide bonds. The lowest BCUT2D eigenvalue weighted by Crippen LogP contribution is -2.26. The van der Waals surface area contributed by atoms with Crippen molar-refractivity contribution in [2.24, 2.45) is 5.92 Å². The van der Waals surface area contributed by atoms with Crippen LogP contribution in [0.25, 0.3) is 0 Å². The number of halogens is 1. The highest BCUT2D eigenvalue weighted by Crippen LogP contribution is 2.15. The molecule has 0 fully saturated rings. The molecule has 0 aromatic carbocycles. The summed E-state index contributed by atoms with van der Waals surface area (Å²) in [6, 6.07) is 0. The molecule has 0 aliphatic rings. The summed E-state index contributed by atoms with van der Waals surface area (Å²) < 4.78 is 0. The van der Waals surface area contributed by atoms with Crippen LogP contribution in [0, 0.1) is 5.92 Å². The van der Waals surface area contributed by atoms with Gasteiger partial charge < -0.3 is 4.90 Å². The van der Waals surface area contributed by atoms with E-state index in [1.165, 1.54) is 23.9 Å². The molecule has 0 aliphatic carbocycles. The Bertz CT molecular complexity index is 182. The van der Waals surface area contributed by atoms with E-state index in [0.717, 1.165) is 12.8 Å². The summed E-state index contributed by atoms with van der Waals surface area (Å²) in [5.41, 5.74) is 0. The molecule has 0 saturated heterocycles. The average molecular weight is 218 g/mol. The molecule has 0 radical (unpaired) electrons. The second-order valence-electron chi connectivity index (χ2n) is 3.50. The van der Waals surface area contributed by atoms with Gasteiger partial charge >= 0.3 is 5.37 Å². The molecule has 2 nitrogen and oxygen atoms in total. The molecule has 3 heteroatoms. The smallest absolute Gasteiger partial charge is 0.306 e. The molecule has 14 heavy (non-hydrogen) atoms. The number of carbonyl (C=O) groups is 1. The summed E-state index contributed by atoms with van der Waals surface area (Å²) in [5.74, 6) is 0.538. The van der Waals surface area contributed by atoms with Crippen LogP contribution < -0.4 is 0 Å². The van der Waals surface area contributed by atoms with Crippen LogP contribution in [-0.2, 0) is 0 Å². The van der Waals surface area contributed by atoms with E-state index < -0.39 is 5.37 Å². The van der Waals surface area contributed by atoms with Gasteiger partial charge in [-0.1, -0.05) is 39.7 Å². The Kier molecular flexibility index (Phi) is 7.58. The second kappa shape index (κ2) is 7.86. The maximum absolute atomic E-state index is 10.9. The van der Waals surface area contributed by atoms with Crippen LogP contribution in [0.3, 0.4) is 0 Å². The van der Waals surface area contributed by atoms with Crippen LogP contribution in [0.15, 0.2) is 12.8 Å². The topological polar surface area (TPSA) is 20.3 Å². The maximum Gasteiger partial charge on any atom is 0.320 e. The van der Waals surface area contributed by atoms with Gasteiger partial charge in [0.05, 0.1) is 0 Å². The van der Waals surface area contributed by atoms with Gasteiger partial charge in [-0.25, -0.2) is 0 Å². The first-order valence-electron chi connectivity index (χ1n) is 5.24. The molecule has 0 rings (SSSR count). The predicted molar refractivity (Wildman–Crippen MR) is 61.5 cm³/mol. The van der Waals surface area contributed by atoms with Crippen LogP contribution in [0.2, 0.25) is 0 Å². The first-order chi connectivity index (χ1) is 6.65. The molecule has 0 aromatic heterocycles. The molecular weight excluding hydrogens is 198 g/mol. The number of carbonyl (C=O) groups excluding carboxylic acids is 1. The van der Waals surface area contributed by atoms with Crippen molar-refractivity contribution < 1.29 is 4.79 Å². The molecule has 1 unspecified atom stereocenters. The summed E-state index contributed by atoms with van der Waals surface area (Å²) in [4.78, 5) is 12.4. The van der Waals surface area contributed by atoms with E-state index in [-0.39, 0.29) is 0 Å². The van der Waals surface area contributed by atoms with Crippen molar-refractivity contribution >= 4 is 17.0 Å². The van der Waals surface area contributed by atoms with E-state index in [9.17, 15) is 4.79 Å². The number of unbranched alkanes of at least 4 members (excludes halogenated alkanes) is 1. The van der Waals surface area contributed by atoms with Gasteiger partial charge in [0, 0.05) is 12.7 Å². The normalized spacial score (nSPS) is 12.2. The Hall–Kier alpha value is -0.500. The van der Waals surface area contributed by atoms with Crippen molar-refractivity contribution in [1.82, 2.24) is 4.90 Å². The standard InChI is InChI=1S/C11H20ClNO/c1-4-7-8-10(5-2)9-13(6-3)11(12)14/h6,10H,3-5,7-9H2,1-2H3. The summed E-state index contributed by atoms with van der Waals surface area (Å²) in [7, 11) is 0. The van der Waals surface area contributed by atoms with Crippen LogP contribution in [0.4, 0.5) is 4.79 Å². The van der Waals surface area contributed by atoms with Gasteiger partial charge in [0.1, 0.15) is 0 Å². The quantitative estimate of drug-likeness (QED) is 0.466. The number of rotatable bonds is 7. The van der Waals surface area contributed by atoms with Crippen LogP contribution in [0.5, 0.6) is 0 Å². The lowest BCUT2D eigenvalue weighted by molar-refractivity contribution is 0.228. The summed E-state index contributed by atoms with van der Waals surface area (Å²) in [5, 5.41) is -0.435. The molecular formula is C11H20ClNO. The molecule has 82 valence electrons. The van der Waals surface area contributed by atoms with E-state index in [1.807, 2.05) is 0 Å². The Morgan fingerprint density at radius 2 is 2.21 bits per heavy atom. The Morgan fingerprint density at radius 3 is 2.57 bits per heavy atom. The van der Waals surface area contributed by atoms with Gasteiger partial charge in [-0.2, -0.15) is 0 Å². The van der Waals surface area contributed by atoms with E-state index in [2.05, 4.69) is 20.4 Å². The average Bonchev–Trinajstić information content (AvgIpc) is 2.18. The van der Waals surface area contributed by atoms with Crippen molar-refractivity contribution in [3.05, 3.63) is 12.8 Å². The fourth-order valence-corrected chi connectivity index (χ4v) is 1.55. The summed E-state index contributed by atoms with van der Waals surface area (Å²) in [6.07, 6.45) is 6.14. The van der Waals surface area contributed by atoms with Crippen molar-refractivity contribution in [3.8, 4) is 0 Å². The molecule has 0 N–H and O–H groups in total. The number of hydrogen-bond donors (Lipinski definition) is 0. The van der Waals surface area contributed by atoms with E-state index in [4.69, 9.17) is 11.6 Å². The minimum atomic E-state index is -0.435. The predicted octanol–water partition coefficient (Wildman–Crippen LogP) is 4.01. The molecule has 0 aliphatic heterocycles. The summed E-state index contributed by atoms with van der Waals surface area (Å²) in [6.45, 7) is 8.58. The van der Waals surface area contributed by atoms with Crippen LogP contribution in [-0.4, -0.2) is 16.8 Å². The summed E-state index contributed by atoms with van der Waals surface area (Å²) >= 11 is 5.39. The highest BCUT2D eigenvalue weighted by atomic mass is 35.5.